The number of hydrogen-bond donors (Lipinski definition) is 1. The monoisotopic (exact) mass is 348 g/mol. The molecular weight excluding hydrogens is 324 g/mol. The molecule has 1 atom stereocenters. The Hall–Kier alpha value is -1.73. The van der Waals surface area contributed by atoms with Gasteiger partial charge in [0, 0.05) is 43.7 Å². The Morgan fingerprint density at radius 2 is 2.33 bits per heavy atom. The molecule has 6 nitrogen and oxygen atoms in total. The van der Waals surface area contributed by atoms with Crippen molar-refractivity contribution >= 4 is 17.2 Å². The lowest BCUT2D eigenvalue weighted by molar-refractivity contribution is 0.0664. The maximum atomic E-state index is 12.7. The van der Waals surface area contributed by atoms with E-state index in [4.69, 9.17) is 5.11 Å². The molecule has 2 aromatic rings. The van der Waals surface area contributed by atoms with Crippen LogP contribution in [0.1, 0.15) is 40.0 Å². The molecule has 0 bridgehead atoms. The number of carbonyl (C=O) groups is 1. The molecule has 7 heteroatoms. The normalized spacial score (nSPS) is 18.1. The minimum atomic E-state index is 0.0883. The molecule has 0 unspecified atom stereocenters. The number of thiophene rings is 1. The lowest BCUT2D eigenvalue weighted by Gasteiger charge is -2.32. The molecule has 3 heterocycles. The van der Waals surface area contributed by atoms with Crippen LogP contribution in [0.3, 0.4) is 0 Å². The van der Waals surface area contributed by atoms with E-state index in [9.17, 15) is 4.79 Å². The van der Waals surface area contributed by atoms with Crippen molar-refractivity contribution < 1.29 is 9.90 Å². The Morgan fingerprint density at radius 1 is 1.46 bits per heavy atom. The second kappa shape index (κ2) is 7.90. The van der Waals surface area contributed by atoms with Gasteiger partial charge in [0.05, 0.1) is 10.6 Å². The van der Waals surface area contributed by atoms with Gasteiger partial charge in [-0.1, -0.05) is 12.1 Å². The SMILES string of the molecule is CCc1ccc(C(=O)N2CCC[C@H](Cn3cc(CCO)nn3)C2)s1. The summed E-state index contributed by atoms with van der Waals surface area (Å²) in [5, 5.41) is 17.1. The summed E-state index contributed by atoms with van der Waals surface area (Å²) in [7, 11) is 0. The van der Waals surface area contributed by atoms with E-state index in [-0.39, 0.29) is 12.5 Å². The molecule has 1 saturated heterocycles. The third-order valence-corrected chi connectivity index (χ3v) is 5.64. The highest BCUT2D eigenvalue weighted by molar-refractivity contribution is 7.14. The predicted octanol–water partition coefficient (Wildman–Crippen LogP) is 1.99. The molecule has 1 fully saturated rings. The molecular formula is C17H24N4O2S. The van der Waals surface area contributed by atoms with Crippen LogP contribution in [0.25, 0.3) is 0 Å². The second-order valence-corrected chi connectivity index (χ2v) is 7.45. The summed E-state index contributed by atoms with van der Waals surface area (Å²) in [6.07, 6.45) is 5.53. The van der Waals surface area contributed by atoms with Gasteiger partial charge in [0.25, 0.3) is 5.91 Å². The lowest BCUT2D eigenvalue weighted by atomic mass is 9.98. The number of carbonyl (C=O) groups excluding carboxylic acids is 1. The molecule has 2 aromatic heterocycles. The molecule has 0 aromatic carbocycles. The highest BCUT2D eigenvalue weighted by Gasteiger charge is 2.25. The van der Waals surface area contributed by atoms with Gasteiger partial charge < -0.3 is 10.0 Å². The van der Waals surface area contributed by atoms with Crippen molar-refractivity contribution in [3.05, 3.63) is 33.8 Å². The summed E-state index contributed by atoms with van der Waals surface area (Å²) in [5.74, 6) is 0.556. The number of hydrogen-bond acceptors (Lipinski definition) is 5. The molecule has 1 aliphatic rings. The fourth-order valence-corrected chi connectivity index (χ4v) is 4.07. The minimum Gasteiger partial charge on any atom is -0.396 e. The van der Waals surface area contributed by atoms with Crippen LogP contribution in [0, 0.1) is 5.92 Å². The van der Waals surface area contributed by atoms with Crippen molar-refractivity contribution in [2.45, 2.75) is 39.2 Å². The number of aliphatic hydroxyl groups is 1. The topological polar surface area (TPSA) is 71.2 Å². The van der Waals surface area contributed by atoms with E-state index >= 15 is 0 Å². The van der Waals surface area contributed by atoms with Gasteiger partial charge in [0.15, 0.2) is 0 Å². The molecule has 24 heavy (non-hydrogen) atoms. The van der Waals surface area contributed by atoms with Crippen LogP contribution in [0.5, 0.6) is 0 Å². The van der Waals surface area contributed by atoms with Crippen molar-refractivity contribution in [1.82, 2.24) is 19.9 Å². The van der Waals surface area contributed by atoms with Gasteiger partial charge in [-0.3, -0.25) is 9.48 Å². The average molecular weight is 348 g/mol. The van der Waals surface area contributed by atoms with Crippen LogP contribution < -0.4 is 0 Å². The van der Waals surface area contributed by atoms with Crippen LogP contribution in [-0.2, 0) is 19.4 Å². The first kappa shape index (κ1) is 17.1. The molecule has 1 aliphatic heterocycles. The fourth-order valence-electron chi connectivity index (χ4n) is 3.16. The number of piperidine rings is 1. The van der Waals surface area contributed by atoms with E-state index in [0.29, 0.717) is 12.3 Å². The van der Waals surface area contributed by atoms with E-state index in [1.165, 1.54) is 4.88 Å². The summed E-state index contributed by atoms with van der Waals surface area (Å²) in [5.41, 5.74) is 0.812. The maximum Gasteiger partial charge on any atom is 0.263 e. The van der Waals surface area contributed by atoms with Crippen molar-refractivity contribution in [2.75, 3.05) is 19.7 Å². The summed E-state index contributed by atoms with van der Waals surface area (Å²) in [6.45, 7) is 4.58. The fraction of sp³-hybridized carbons (Fsp3) is 0.588. The third-order valence-electron chi connectivity index (χ3n) is 4.43. The van der Waals surface area contributed by atoms with Crippen LogP contribution in [0.4, 0.5) is 0 Å². The number of rotatable bonds is 6. The largest absolute Gasteiger partial charge is 0.396 e. The molecule has 0 aliphatic carbocycles. The van der Waals surface area contributed by atoms with Crippen LogP contribution >= 0.6 is 11.3 Å². The Morgan fingerprint density at radius 3 is 3.08 bits per heavy atom. The van der Waals surface area contributed by atoms with Gasteiger partial charge in [-0.15, -0.1) is 16.4 Å². The standard InChI is InChI=1S/C17H24N4O2S/c1-2-15-5-6-16(24-15)17(23)20-8-3-4-13(10-20)11-21-12-14(7-9-22)18-19-21/h5-6,12-13,22H,2-4,7-11H2,1H3/t13-/m0/s1. The lowest BCUT2D eigenvalue weighted by Crippen LogP contribution is -2.40. The van der Waals surface area contributed by atoms with Crippen LogP contribution in [-0.4, -0.2) is 50.6 Å². The van der Waals surface area contributed by atoms with Gasteiger partial charge in [-0.25, -0.2) is 0 Å². The first-order chi connectivity index (χ1) is 11.7. The Bertz CT molecular complexity index is 682. The van der Waals surface area contributed by atoms with Gasteiger partial charge >= 0.3 is 0 Å². The molecule has 1 amide bonds. The minimum absolute atomic E-state index is 0.0883. The zero-order valence-electron chi connectivity index (χ0n) is 14.0. The quantitative estimate of drug-likeness (QED) is 0.867. The van der Waals surface area contributed by atoms with E-state index in [2.05, 4.69) is 23.3 Å². The Kier molecular flexibility index (Phi) is 5.63. The summed E-state index contributed by atoms with van der Waals surface area (Å²) in [6, 6.07) is 4.01. The van der Waals surface area contributed by atoms with Gasteiger partial charge in [0.2, 0.25) is 0 Å². The summed E-state index contributed by atoms with van der Waals surface area (Å²) in [4.78, 5) is 16.8. The van der Waals surface area contributed by atoms with Gasteiger partial charge in [-0.05, 0) is 37.3 Å². The van der Waals surface area contributed by atoms with Crippen molar-refractivity contribution in [2.24, 2.45) is 5.92 Å². The first-order valence-corrected chi connectivity index (χ1v) is 9.39. The van der Waals surface area contributed by atoms with E-state index < -0.39 is 0 Å². The van der Waals surface area contributed by atoms with Crippen molar-refractivity contribution in [3.63, 3.8) is 0 Å². The van der Waals surface area contributed by atoms with Gasteiger partial charge in [-0.2, -0.15) is 0 Å². The number of aryl methyl sites for hydroxylation is 1. The molecule has 0 radical (unpaired) electrons. The maximum absolute atomic E-state index is 12.7. The van der Waals surface area contributed by atoms with Crippen LogP contribution in [0.15, 0.2) is 18.3 Å². The molecule has 1 N–H and O–H groups in total. The van der Waals surface area contributed by atoms with E-state index in [0.717, 1.165) is 49.5 Å². The zero-order valence-corrected chi connectivity index (χ0v) is 14.8. The van der Waals surface area contributed by atoms with Crippen molar-refractivity contribution in [3.8, 4) is 0 Å². The Balaban J connectivity index is 1.59. The average Bonchev–Trinajstić information content (AvgIpc) is 3.24. The van der Waals surface area contributed by atoms with Crippen molar-refractivity contribution in [1.29, 1.82) is 0 Å². The van der Waals surface area contributed by atoms with Gasteiger partial charge in [0.1, 0.15) is 0 Å². The highest BCUT2D eigenvalue weighted by Crippen LogP contribution is 2.23. The predicted molar refractivity (Wildman–Crippen MR) is 93.1 cm³/mol. The smallest absolute Gasteiger partial charge is 0.263 e. The number of nitrogens with zero attached hydrogens (tertiary/aromatic N) is 4. The summed E-state index contributed by atoms with van der Waals surface area (Å²) < 4.78 is 1.84. The Labute approximate surface area is 146 Å². The zero-order chi connectivity index (χ0) is 16.9. The van der Waals surface area contributed by atoms with Crippen LogP contribution in [0.2, 0.25) is 0 Å². The number of likely N-dealkylation sites (tertiary alicyclic amines) is 1. The summed E-state index contributed by atoms with van der Waals surface area (Å²) >= 11 is 1.61. The van der Waals surface area contributed by atoms with E-state index in [1.54, 1.807) is 11.3 Å². The highest BCUT2D eigenvalue weighted by atomic mass is 32.1. The number of aromatic nitrogens is 3. The first-order valence-electron chi connectivity index (χ1n) is 8.57. The molecule has 0 spiro atoms. The van der Waals surface area contributed by atoms with E-state index in [1.807, 2.05) is 21.8 Å². The molecule has 0 saturated carbocycles. The molecule has 130 valence electrons. The third kappa shape index (κ3) is 4.02. The second-order valence-electron chi connectivity index (χ2n) is 6.28. The molecule has 3 rings (SSSR count). The number of aliphatic hydroxyl groups excluding tert-OH is 1. The number of amides is 1.